The van der Waals surface area contributed by atoms with Crippen LogP contribution in [0.15, 0.2) is 0 Å². The maximum Gasteiger partial charge on any atom is 0.449 e. The summed E-state index contributed by atoms with van der Waals surface area (Å²) in [6, 6.07) is 0. The topological polar surface area (TPSA) is 39.1 Å². The van der Waals surface area contributed by atoms with Gasteiger partial charge in [-0.25, -0.2) is 13.8 Å². The summed E-state index contributed by atoms with van der Waals surface area (Å²) < 4.78 is 68.2. The smallest absolute Gasteiger partial charge is 0.374 e. The minimum absolute atomic E-state index is 0.135. The number of alkyl halides is 5. The first kappa shape index (κ1) is 15.2. The number of imidazole rings is 1. The number of hydrogen-bond acceptors (Lipinski definition) is 3. The minimum Gasteiger partial charge on any atom is -0.374 e. The van der Waals surface area contributed by atoms with Crippen LogP contribution in [-0.4, -0.2) is 35.7 Å². The van der Waals surface area contributed by atoms with Gasteiger partial charge in [0.05, 0.1) is 12.3 Å². The molecule has 0 unspecified atom stereocenters. The van der Waals surface area contributed by atoms with Gasteiger partial charge in [0.15, 0.2) is 0 Å². The molecule has 0 amide bonds. The molecule has 1 N–H and O–H groups in total. The Balaban J connectivity index is 2.14. The fraction of sp³-hybridized carbons (Fsp3) is 0.727. The van der Waals surface area contributed by atoms with E-state index in [0.29, 0.717) is 24.4 Å². The molecule has 0 spiro atoms. The maximum absolute atomic E-state index is 12.9. The van der Waals surface area contributed by atoms with Gasteiger partial charge < -0.3 is 14.6 Å². The molecule has 0 saturated heterocycles. The first-order chi connectivity index (χ1) is 9.39. The van der Waals surface area contributed by atoms with E-state index in [0.717, 1.165) is 4.57 Å². The highest BCUT2D eigenvalue weighted by Gasteiger charge is 2.39. The van der Waals surface area contributed by atoms with Crippen LogP contribution in [0.2, 0.25) is 0 Å². The highest BCUT2D eigenvalue weighted by molar-refractivity contribution is 5.21. The van der Waals surface area contributed by atoms with Gasteiger partial charge in [0.1, 0.15) is 6.61 Å². The summed E-state index contributed by atoms with van der Waals surface area (Å²) in [7, 11) is 0. The van der Waals surface area contributed by atoms with E-state index in [2.05, 4.69) is 15.0 Å². The van der Waals surface area contributed by atoms with Crippen molar-refractivity contribution >= 4 is 0 Å². The third-order valence-corrected chi connectivity index (χ3v) is 2.94. The number of ether oxygens (including phenoxy) is 1. The number of fused-ring (bicyclic) bond motifs is 1. The zero-order valence-corrected chi connectivity index (χ0v) is 10.5. The lowest BCUT2D eigenvalue weighted by molar-refractivity contribution is -0.147. The lowest BCUT2D eigenvalue weighted by Gasteiger charge is -2.16. The fourth-order valence-electron chi connectivity index (χ4n) is 2.16. The van der Waals surface area contributed by atoms with E-state index in [1.54, 1.807) is 0 Å². The SMILES string of the molecule is FC(F)COCCn1c(C(F)(F)F)nc2c1CCNC2. The molecule has 0 atom stereocenters. The molecule has 0 aromatic carbocycles. The van der Waals surface area contributed by atoms with Crippen molar-refractivity contribution in [3.05, 3.63) is 17.2 Å². The van der Waals surface area contributed by atoms with Gasteiger partial charge in [-0.2, -0.15) is 13.2 Å². The van der Waals surface area contributed by atoms with Crippen molar-refractivity contribution < 1.29 is 26.7 Å². The molecule has 1 aliphatic rings. The Hall–Kier alpha value is -1.22. The molecule has 0 aliphatic carbocycles. The number of nitrogens with one attached hydrogen (secondary N) is 1. The van der Waals surface area contributed by atoms with Gasteiger partial charge >= 0.3 is 6.18 Å². The summed E-state index contributed by atoms with van der Waals surface area (Å²) in [5.74, 6) is -0.994. The van der Waals surface area contributed by atoms with E-state index in [-0.39, 0.29) is 19.7 Å². The van der Waals surface area contributed by atoms with Gasteiger partial charge in [-0.1, -0.05) is 0 Å². The van der Waals surface area contributed by atoms with E-state index in [4.69, 9.17) is 0 Å². The van der Waals surface area contributed by atoms with Crippen molar-refractivity contribution in [3.8, 4) is 0 Å². The van der Waals surface area contributed by atoms with Crippen LogP contribution in [0.5, 0.6) is 0 Å². The second kappa shape index (κ2) is 6.04. The van der Waals surface area contributed by atoms with Crippen molar-refractivity contribution in [2.45, 2.75) is 32.1 Å². The van der Waals surface area contributed by atoms with Crippen LogP contribution in [-0.2, 0) is 30.4 Å². The number of hydrogen-bond donors (Lipinski definition) is 1. The Bertz CT molecular complexity index is 458. The highest BCUT2D eigenvalue weighted by Crippen LogP contribution is 2.31. The van der Waals surface area contributed by atoms with E-state index in [9.17, 15) is 22.0 Å². The first-order valence-electron chi connectivity index (χ1n) is 6.11. The lowest BCUT2D eigenvalue weighted by atomic mass is 10.2. The van der Waals surface area contributed by atoms with E-state index in [1.807, 2.05) is 0 Å². The summed E-state index contributed by atoms with van der Waals surface area (Å²) in [4.78, 5) is 3.61. The molecule has 1 aromatic heterocycles. The Kier molecular flexibility index (Phi) is 4.59. The minimum atomic E-state index is -4.57. The molecule has 0 bridgehead atoms. The molecule has 20 heavy (non-hydrogen) atoms. The fourth-order valence-corrected chi connectivity index (χ4v) is 2.16. The predicted molar refractivity (Wildman–Crippen MR) is 59.5 cm³/mol. The number of halogens is 5. The molecule has 0 saturated carbocycles. The molecular formula is C11H14F5N3O. The molecule has 1 aromatic rings. The average Bonchev–Trinajstić information content (AvgIpc) is 2.73. The van der Waals surface area contributed by atoms with Gasteiger partial charge in [0.25, 0.3) is 6.43 Å². The standard InChI is InChI=1S/C11H14F5N3O/c12-9(13)6-20-4-3-19-8-1-2-17-5-7(8)18-10(19)11(14,15)16/h9,17H,1-6H2. The molecule has 2 rings (SSSR count). The Morgan fingerprint density at radius 1 is 1.35 bits per heavy atom. The predicted octanol–water partition coefficient (Wildman–Crippen LogP) is 1.83. The van der Waals surface area contributed by atoms with Crippen molar-refractivity contribution in [1.29, 1.82) is 0 Å². The maximum atomic E-state index is 12.9. The largest absolute Gasteiger partial charge is 0.449 e. The molecule has 1 aliphatic heterocycles. The van der Waals surface area contributed by atoms with Crippen LogP contribution < -0.4 is 5.32 Å². The van der Waals surface area contributed by atoms with Crippen LogP contribution in [0, 0.1) is 0 Å². The zero-order valence-electron chi connectivity index (χ0n) is 10.5. The van der Waals surface area contributed by atoms with Gasteiger partial charge in [-0.3, -0.25) is 0 Å². The quantitative estimate of drug-likeness (QED) is 0.666. The van der Waals surface area contributed by atoms with Crippen molar-refractivity contribution in [2.75, 3.05) is 19.8 Å². The first-order valence-corrected chi connectivity index (χ1v) is 6.11. The van der Waals surface area contributed by atoms with Gasteiger partial charge in [-0.05, 0) is 0 Å². The normalized spacial score (nSPS) is 15.7. The third kappa shape index (κ3) is 3.45. The Labute approximate surface area is 111 Å². The summed E-state index contributed by atoms with van der Waals surface area (Å²) in [6.07, 6.45) is -6.77. The molecule has 0 radical (unpaired) electrons. The number of nitrogens with zero attached hydrogens (tertiary/aromatic N) is 2. The number of rotatable bonds is 5. The van der Waals surface area contributed by atoms with E-state index < -0.39 is 25.0 Å². The molecule has 0 fully saturated rings. The van der Waals surface area contributed by atoms with Gasteiger partial charge in [0, 0.05) is 31.7 Å². The number of aromatic nitrogens is 2. The summed E-state index contributed by atoms with van der Waals surface area (Å²) in [6.45, 7) is -0.273. The summed E-state index contributed by atoms with van der Waals surface area (Å²) >= 11 is 0. The second-order valence-electron chi connectivity index (χ2n) is 4.37. The van der Waals surface area contributed by atoms with Gasteiger partial charge in [0.2, 0.25) is 5.82 Å². The van der Waals surface area contributed by atoms with Crippen molar-refractivity contribution in [1.82, 2.24) is 14.9 Å². The monoisotopic (exact) mass is 299 g/mol. The molecule has 114 valence electrons. The van der Waals surface area contributed by atoms with Crippen LogP contribution in [0.3, 0.4) is 0 Å². The molecule has 9 heteroatoms. The highest BCUT2D eigenvalue weighted by atomic mass is 19.4. The van der Waals surface area contributed by atoms with Crippen LogP contribution in [0.1, 0.15) is 17.2 Å². The Morgan fingerprint density at radius 2 is 2.10 bits per heavy atom. The van der Waals surface area contributed by atoms with E-state index in [1.165, 1.54) is 0 Å². The third-order valence-electron chi connectivity index (χ3n) is 2.94. The van der Waals surface area contributed by atoms with Crippen LogP contribution in [0.4, 0.5) is 22.0 Å². The van der Waals surface area contributed by atoms with Crippen LogP contribution in [0.25, 0.3) is 0 Å². The lowest BCUT2D eigenvalue weighted by Crippen LogP contribution is -2.26. The summed E-state index contributed by atoms with van der Waals surface area (Å²) in [5.41, 5.74) is 0.856. The van der Waals surface area contributed by atoms with E-state index >= 15 is 0 Å². The van der Waals surface area contributed by atoms with Crippen molar-refractivity contribution in [2.24, 2.45) is 0 Å². The molecular weight excluding hydrogens is 285 g/mol. The van der Waals surface area contributed by atoms with Crippen molar-refractivity contribution in [3.63, 3.8) is 0 Å². The molecule has 4 nitrogen and oxygen atoms in total. The van der Waals surface area contributed by atoms with Gasteiger partial charge in [-0.15, -0.1) is 0 Å². The second-order valence-corrected chi connectivity index (χ2v) is 4.37. The molecule has 2 heterocycles. The zero-order chi connectivity index (χ0) is 14.8. The Morgan fingerprint density at radius 3 is 2.75 bits per heavy atom. The average molecular weight is 299 g/mol. The van der Waals surface area contributed by atoms with Crippen LogP contribution >= 0.6 is 0 Å². The summed E-state index contributed by atoms with van der Waals surface area (Å²) in [5, 5.41) is 2.94.